The standard InChI is InChI=1S/C41H54N2O6Si/c1-24(2)35(39(46)47-23-32-28-18-14-12-16-26(28)27-17-13-15-19-29(27)32)42-33-21-20-30-31(25(3)49-50(10,11)41(7,8)9)22-34(43-36(30)37(33)44)38(45)48-40(4,5)6/h12-22,24-25,32-33,35,37,42,44H,23H2,1-11H3/t25-,33+,35-,37-/m0/s1. The Hall–Kier alpha value is -3.63. The first-order valence-electron chi connectivity index (χ1n) is 17.7. The van der Waals surface area contributed by atoms with Gasteiger partial charge in [0, 0.05) is 11.5 Å². The zero-order valence-corrected chi connectivity index (χ0v) is 32.5. The van der Waals surface area contributed by atoms with Crippen molar-refractivity contribution < 1.29 is 28.6 Å². The van der Waals surface area contributed by atoms with Gasteiger partial charge in [0.1, 0.15) is 30.0 Å². The van der Waals surface area contributed by atoms with Crippen LogP contribution in [-0.2, 0) is 18.7 Å². The van der Waals surface area contributed by atoms with Gasteiger partial charge < -0.3 is 19.0 Å². The Morgan fingerprint density at radius 2 is 1.52 bits per heavy atom. The second kappa shape index (κ2) is 14.2. The third-order valence-corrected chi connectivity index (χ3v) is 14.7. The molecule has 9 heteroatoms. The summed E-state index contributed by atoms with van der Waals surface area (Å²) in [5.41, 5.74) is 5.79. The molecule has 0 spiro atoms. The lowest BCUT2D eigenvalue weighted by atomic mass is 9.89. The molecule has 0 aliphatic heterocycles. The molecule has 0 amide bonds. The van der Waals surface area contributed by atoms with Crippen LogP contribution in [0.3, 0.4) is 0 Å². The number of nitrogens with zero attached hydrogens (tertiary/aromatic N) is 1. The van der Waals surface area contributed by atoms with Crippen molar-refractivity contribution in [1.29, 1.82) is 0 Å². The molecule has 5 rings (SSSR count). The zero-order valence-electron chi connectivity index (χ0n) is 31.5. The van der Waals surface area contributed by atoms with Crippen LogP contribution in [0.2, 0.25) is 18.1 Å². The summed E-state index contributed by atoms with van der Waals surface area (Å²) in [7, 11) is -2.20. The molecule has 8 nitrogen and oxygen atoms in total. The number of aromatic nitrogens is 1. The minimum Gasteiger partial charge on any atom is -0.464 e. The van der Waals surface area contributed by atoms with Crippen molar-refractivity contribution in [1.82, 2.24) is 10.3 Å². The quantitative estimate of drug-likeness (QED) is 0.160. The van der Waals surface area contributed by atoms with Gasteiger partial charge in [-0.3, -0.25) is 10.1 Å². The van der Waals surface area contributed by atoms with Crippen molar-refractivity contribution in [2.45, 2.75) is 116 Å². The van der Waals surface area contributed by atoms with Crippen LogP contribution in [0.15, 0.2) is 60.7 Å². The van der Waals surface area contributed by atoms with Gasteiger partial charge in [0.05, 0.1) is 17.8 Å². The summed E-state index contributed by atoms with van der Waals surface area (Å²) in [6.45, 7) is 22.4. The van der Waals surface area contributed by atoms with E-state index in [-0.39, 0.29) is 41.2 Å². The van der Waals surface area contributed by atoms with Crippen LogP contribution in [0, 0.1) is 5.92 Å². The van der Waals surface area contributed by atoms with E-state index >= 15 is 0 Å². The van der Waals surface area contributed by atoms with Gasteiger partial charge in [-0.2, -0.15) is 0 Å². The number of benzene rings is 2. The van der Waals surface area contributed by atoms with E-state index in [2.05, 4.69) is 68.4 Å². The van der Waals surface area contributed by atoms with Gasteiger partial charge in [0.25, 0.3) is 0 Å². The maximum atomic E-state index is 13.7. The van der Waals surface area contributed by atoms with Gasteiger partial charge in [-0.05, 0) is 85.6 Å². The first-order chi connectivity index (χ1) is 23.3. The van der Waals surface area contributed by atoms with Crippen LogP contribution in [0.5, 0.6) is 0 Å². The Balaban J connectivity index is 1.40. The van der Waals surface area contributed by atoms with Gasteiger partial charge in [-0.25, -0.2) is 9.78 Å². The maximum Gasteiger partial charge on any atom is 0.357 e. The smallest absolute Gasteiger partial charge is 0.357 e. The Bertz CT molecular complexity index is 1720. The van der Waals surface area contributed by atoms with E-state index in [1.807, 2.05) is 57.2 Å². The van der Waals surface area contributed by atoms with Gasteiger partial charge in [0.15, 0.2) is 8.32 Å². The average molecular weight is 699 g/mol. The number of ether oxygens (including phenoxy) is 2. The Kier molecular flexibility index (Phi) is 10.7. The number of rotatable bonds is 10. The average Bonchev–Trinajstić information content (AvgIpc) is 3.34. The first-order valence-corrected chi connectivity index (χ1v) is 20.6. The van der Waals surface area contributed by atoms with Crippen molar-refractivity contribution in [2.24, 2.45) is 5.92 Å². The normalized spacial score (nSPS) is 18.7. The van der Waals surface area contributed by atoms with Crippen molar-refractivity contribution in [3.63, 3.8) is 0 Å². The fourth-order valence-corrected chi connectivity index (χ4v) is 7.88. The molecule has 1 aromatic heterocycles. The molecule has 0 saturated heterocycles. The fraction of sp³-hybridized carbons (Fsp3) is 0.488. The highest BCUT2D eigenvalue weighted by molar-refractivity contribution is 6.74. The van der Waals surface area contributed by atoms with E-state index in [1.165, 1.54) is 11.1 Å². The van der Waals surface area contributed by atoms with Gasteiger partial charge in [-0.1, -0.05) is 95.3 Å². The summed E-state index contributed by atoms with van der Waals surface area (Å²) in [6, 6.07) is 16.8. The molecule has 2 aliphatic rings. The fourth-order valence-electron chi connectivity index (χ4n) is 6.51. The number of esters is 2. The van der Waals surface area contributed by atoms with E-state index in [0.29, 0.717) is 11.3 Å². The molecule has 0 saturated carbocycles. The summed E-state index contributed by atoms with van der Waals surface area (Å²) in [6.07, 6.45) is 2.23. The van der Waals surface area contributed by atoms with Crippen LogP contribution < -0.4 is 5.32 Å². The molecule has 268 valence electrons. The molecular formula is C41H54N2O6Si. The monoisotopic (exact) mass is 698 g/mol. The molecule has 0 unspecified atom stereocenters. The highest BCUT2D eigenvalue weighted by Gasteiger charge is 2.41. The van der Waals surface area contributed by atoms with Gasteiger partial charge in [-0.15, -0.1) is 0 Å². The number of nitrogens with one attached hydrogen (secondary N) is 1. The second-order valence-corrected chi connectivity index (χ2v) is 21.2. The Morgan fingerprint density at radius 3 is 2.06 bits per heavy atom. The SMILES string of the molecule is CC(C)[C@H](N[C@@H]1C=Cc2c([C@H](C)O[Si](C)(C)C(C)(C)C)cc(C(=O)OC(C)(C)C)nc2[C@H]1O)C(=O)OCC1c2ccccc2-c2ccccc21. The minimum absolute atomic E-state index is 0.0300. The molecule has 2 N–H and O–H groups in total. The Labute approximate surface area is 298 Å². The minimum atomic E-state index is -2.20. The molecule has 2 aromatic carbocycles. The largest absolute Gasteiger partial charge is 0.464 e. The topological polar surface area (TPSA) is 107 Å². The zero-order chi connectivity index (χ0) is 36.8. The summed E-state index contributed by atoms with van der Waals surface area (Å²) in [4.78, 5) is 31.8. The molecule has 0 fully saturated rings. The molecule has 2 aliphatic carbocycles. The highest BCUT2D eigenvalue weighted by Crippen LogP contribution is 2.45. The van der Waals surface area contributed by atoms with Crippen molar-refractivity contribution in [3.05, 3.63) is 94.3 Å². The lowest BCUT2D eigenvalue weighted by Gasteiger charge is -2.39. The lowest BCUT2D eigenvalue weighted by molar-refractivity contribution is -0.148. The summed E-state index contributed by atoms with van der Waals surface area (Å²) in [5, 5.41) is 15.2. The van der Waals surface area contributed by atoms with Crippen molar-refractivity contribution >= 4 is 26.3 Å². The van der Waals surface area contributed by atoms with Crippen LogP contribution in [0.4, 0.5) is 0 Å². The summed E-state index contributed by atoms with van der Waals surface area (Å²) >= 11 is 0. The van der Waals surface area contributed by atoms with Crippen molar-refractivity contribution in [2.75, 3.05) is 6.61 Å². The Morgan fingerprint density at radius 1 is 0.940 bits per heavy atom. The lowest BCUT2D eigenvalue weighted by Crippen LogP contribution is -2.49. The number of carbonyl (C=O) groups excluding carboxylic acids is 2. The molecule has 3 aromatic rings. The second-order valence-electron chi connectivity index (χ2n) is 16.5. The van der Waals surface area contributed by atoms with Crippen molar-refractivity contribution in [3.8, 4) is 11.1 Å². The first kappa shape index (κ1) is 37.6. The summed E-state index contributed by atoms with van der Waals surface area (Å²) in [5.74, 6) is -1.16. The molecule has 0 radical (unpaired) electrons. The van der Waals surface area contributed by atoms with E-state index in [4.69, 9.17) is 13.9 Å². The molecular weight excluding hydrogens is 645 g/mol. The number of aliphatic hydroxyl groups excluding tert-OH is 1. The third kappa shape index (κ3) is 7.81. The van der Waals surface area contributed by atoms with E-state index in [9.17, 15) is 14.7 Å². The number of fused-ring (bicyclic) bond motifs is 4. The van der Waals surface area contributed by atoms with Crippen LogP contribution in [0.25, 0.3) is 17.2 Å². The van der Waals surface area contributed by atoms with E-state index < -0.39 is 38.1 Å². The number of pyridine rings is 1. The number of hydrogen-bond donors (Lipinski definition) is 2. The van der Waals surface area contributed by atoms with Crippen LogP contribution in [-0.4, -0.2) is 54.6 Å². The highest BCUT2D eigenvalue weighted by atomic mass is 28.4. The summed E-state index contributed by atoms with van der Waals surface area (Å²) < 4.78 is 18.5. The number of carbonyl (C=O) groups is 2. The molecule has 4 atom stereocenters. The molecule has 50 heavy (non-hydrogen) atoms. The maximum absolute atomic E-state index is 13.7. The van der Waals surface area contributed by atoms with E-state index in [1.54, 1.807) is 26.8 Å². The number of hydrogen-bond acceptors (Lipinski definition) is 8. The predicted molar refractivity (Wildman–Crippen MR) is 200 cm³/mol. The molecule has 1 heterocycles. The van der Waals surface area contributed by atoms with E-state index in [0.717, 1.165) is 16.7 Å². The van der Waals surface area contributed by atoms with Gasteiger partial charge in [0.2, 0.25) is 0 Å². The van der Waals surface area contributed by atoms with Crippen LogP contribution >= 0.6 is 0 Å². The number of aliphatic hydroxyl groups is 1. The third-order valence-electron chi connectivity index (χ3n) is 10.2. The predicted octanol–water partition coefficient (Wildman–Crippen LogP) is 8.52. The molecule has 0 bridgehead atoms. The van der Waals surface area contributed by atoms with Crippen LogP contribution in [0.1, 0.15) is 119 Å². The van der Waals surface area contributed by atoms with Gasteiger partial charge >= 0.3 is 11.9 Å².